The number of allylic oxidation sites excluding steroid dienone is 1. The lowest BCUT2D eigenvalue weighted by molar-refractivity contribution is -0.485. The van der Waals surface area contributed by atoms with E-state index in [-0.39, 0.29) is 0 Å². The smallest absolute Gasteiger partial charge is 0.202 e. The largest absolute Gasteiger partial charge is 0.233 e. The maximum Gasteiger partial charge on any atom is 0.202 e. The van der Waals surface area contributed by atoms with Gasteiger partial charge in [0.1, 0.15) is 13.6 Å². The van der Waals surface area contributed by atoms with Crippen molar-refractivity contribution < 1.29 is 4.58 Å². The van der Waals surface area contributed by atoms with Gasteiger partial charge < -0.3 is 0 Å². The monoisotopic (exact) mass is 144 g/mol. The lowest BCUT2D eigenvalue weighted by Gasteiger charge is -1.89. The molecule has 0 bridgehead atoms. The minimum absolute atomic E-state index is 1.06. The number of thioether (sulfide) groups is 1. The van der Waals surface area contributed by atoms with E-state index in [0.717, 1.165) is 11.4 Å². The molecule has 0 aliphatic rings. The molecule has 0 atom stereocenters. The maximum atomic E-state index is 3.77. The molecule has 0 N–H and O–H groups in total. The highest BCUT2D eigenvalue weighted by Gasteiger charge is 1.89. The van der Waals surface area contributed by atoms with Crippen molar-refractivity contribution >= 4 is 17.3 Å². The SMILES string of the molecule is C=C(C)SC=[N+](C)CC. The number of rotatable bonds is 3. The van der Waals surface area contributed by atoms with Gasteiger partial charge in [0.15, 0.2) is 0 Å². The molecule has 1 nitrogen and oxygen atoms in total. The third-order valence-electron chi connectivity index (χ3n) is 0.933. The average molecular weight is 144 g/mol. The van der Waals surface area contributed by atoms with E-state index < -0.39 is 0 Å². The summed E-state index contributed by atoms with van der Waals surface area (Å²) in [5.74, 6) is 0. The van der Waals surface area contributed by atoms with Gasteiger partial charge in [-0.05, 0) is 30.5 Å². The standard InChI is InChI=1S/C7H14NS/c1-5-8(4)6-9-7(2)3/h6H,2,5H2,1,3-4H3/q+1. The first-order chi connectivity index (χ1) is 4.16. The fraction of sp³-hybridized carbons (Fsp3) is 0.571. The quantitative estimate of drug-likeness (QED) is 0.332. The Morgan fingerprint density at radius 2 is 2.33 bits per heavy atom. The van der Waals surface area contributed by atoms with Crippen LogP contribution in [0.15, 0.2) is 11.5 Å². The maximum absolute atomic E-state index is 3.77. The van der Waals surface area contributed by atoms with Gasteiger partial charge in [-0.1, -0.05) is 6.58 Å². The lowest BCUT2D eigenvalue weighted by atomic mass is 10.7. The minimum Gasteiger partial charge on any atom is -0.233 e. The van der Waals surface area contributed by atoms with E-state index in [1.54, 1.807) is 11.8 Å². The van der Waals surface area contributed by atoms with Gasteiger partial charge in [-0.3, -0.25) is 0 Å². The van der Waals surface area contributed by atoms with Crippen LogP contribution in [-0.2, 0) is 0 Å². The molecule has 0 rings (SSSR count). The average Bonchev–Trinajstić information content (AvgIpc) is 1.83. The van der Waals surface area contributed by atoms with Gasteiger partial charge in [-0.15, -0.1) is 0 Å². The van der Waals surface area contributed by atoms with Gasteiger partial charge in [0, 0.05) is 0 Å². The predicted molar refractivity (Wildman–Crippen MR) is 45.2 cm³/mol. The van der Waals surface area contributed by atoms with Crippen LogP contribution < -0.4 is 0 Å². The van der Waals surface area contributed by atoms with E-state index in [1.165, 1.54) is 0 Å². The van der Waals surface area contributed by atoms with Gasteiger partial charge in [0.2, 0.25) is 5.55 Å². The van der Waals surface area contributed by atoms with E-state index >= 15 is 0 Å². The van der Waals surface area contributed by atoms with Crippen molar-refractivity contribution in [1.82, 2.24) is 0 Å². The first-order valence-corrected chi connectivity index (χ1v) is 3.90. The summed E-state index contributed by atoms with van der Waals surface area (Å²) >= 11 is 1.67. The molecule has 0 heterocycles. The van der Waals surface area contributed by atoms with Crippen LogP contribution in [0, 0.1) is 0 Å². The van der Waals surface area contributed by atoms with Gasteiger partial charge in [-0.2, -0.15) is 0 Å². The van der Waals surface area contributed by atoms with Crippen LogP contribution in [0.1, 0.15) is 13.8 Å². The molecule has 0 aromatic rings. The molecule has 52 valence electrons. The fourth-order valence-electron chi connectivity index (χ4n) is 0.254. The van der Waals surface area contributed by atoms with Gasteiger partial charge in [0.25, 0.3) is 0 Å². The number of nitrogens with zero attached hydrogens (tertiary/aromatic N) is 1. The van der Waals surface area contributed by atoms with Crippen molar-refractivity contribution in [1.29, 1.82) is 0 Å². The summed E-state index contributed by atoms with van der Waals surface area (Å²) in [6.07, 6.45) is 0. The van der Waals surface area contributed by atoms with Crippen LogP contribution in [0.25, 0.3) is 0 Å². The Labute approximate surface area is 61.5 Å². The molecule has 0 spiro atoms. The molecule has 0 fully saturated rings. The van der Waals surface area contributed by atoms with Crippen LogP contribution >= 0.6 is 11.8 Å². The summed E-state index contributed by atoms with van der Waals surface area (Å²) in [5, 5.41) is 0. The summed E-state index contributed by atoms with van der Waals surface area (Å²) in [4.78, 5) is 1.13. The Hall–Kier alpha value is -0.240. The highest BCUT2D eigenvalue weighted by atomic mass is 32.2. The van der Waals surface area contributed by atoms with Crippen molar-refractivity contribution in [3.63, 3.8) is 0 Å². The molecule has 0 saturated heterocycles. The van der Waals surface area contributed by atoms with E-state index in [1.807, 2.05) is 6.92 Å². The van der Waals surface area contributed by atoms with Crippen molar-refractivity contribution in [2.75, 3.05) is 13.6 Å². The highest BCUT2D eigenvalue weighted by molar-refractivity contribution is 8.15. The summed E-state index contributed by atoms with van der Waals surface area (Å²) in [5.41, 5.74) is 2.07. The fourth-order valence-corrected chi connectivity index (χ4v) is 0.763. The Morgan fingerprint density at radius 3 is 2.67 bits per heavy atom. The van der Waals surface area contributed by atoms with Crippen molar-refractivity contribution in [3.8, 4) is 0 Å². The molecule has 0 aliphatic carbocycles. The zero-order chi connectivity index (χ0) is 7.28. The summed E-state index contributed by atoms with van der Waals surface area (Å²) in [6, 6.07) is 0. The Kier molecular flexibility index (Phi) is 4.50. The van der Waals surface area contributed by atoms with E-state index in [4.69, 9.17) is 0 Å². The van der Waals surface area contributed by atoms with Crippen LogP contribution in [0.3, 0.4) is 0 Å². The molecular formula is C7H14NS+. The van der Waals surface area contributed by atoms with Crippen molar-refractivity contribution in [2.24, 2.45) is 0 Å². The third kappa shape index (κ3) is 5.63. The second-order valence-electron chi connectivity index (χ2n) is 2.00. The summed E-state index contributed by atoms with van der Waals surface area (Å²) in [6.45, 7) is 8.95. The first kappa shape index (κ1) is 8.76. The van der Waals surface area contributed by atoms with E-state index in [0.29, 0.717) is 0 Å². The zero-order valence-electron chi connectivity index (χ0n) is 6.35. The van der Waals surface area contributed by atoms with Crippen molar-refractivity contribution in [2.45, 2.75) is 13.8 Å². The molecule has 2 heteroatoms. The normalized spacial score (nSPS) is 11.7. The summed E-state index contributed by atoms with van der Waals surface area (Å²) in [7, 11) is 2.05. The second kappa shape index (κ2) is 4.62. The van der Waals surface area contributed by atoms with Crippen LogP contribution in [-0.4, -0.2) is 23.7 Å². The molecule has 9 heavy (non-hydrogen) atoms. The van der Waals surface area contributed by atoms with Gasteiger partial charge in [-0.25, -0.2) is 4.58 Å². The van der Waals surface area contributed by atoms with Gasteiger partial charge in [0.05, 0.1) is 0 Å². The van der Waals surface area contributed by atoms with Crippen LogP contribution in [0.2, 0.25) is 0 Å². The highest BCUT2D eigenvalue weighted by Crippen LogP contribution is 2.06. The minimum atomic E-state index is 1.06. The van der Waals surface area contributed by atoms with Crippen LogP contribution in [0.4, 0.5) is 0 Å². The predicted octanol–water partition coefficient (Wildman–Crippen LogP) is 1.94. The molecule has 0 aromatic carbocycles. The summed E-state index contributed by atoms with van der Waals surface area (Å²) < 4.78 is 2.12. The molecule has 0 saturated carbocycles. The molecule has 0 radical (unpaired) electrons. The first-order valence-electron chi connectivity index (χ1n) is 3.02. The van der Waals surface area contributed by atoms with Crippen molar-refractivity contribution in [3.05, 3.63) is 11.5 Å². The lowest BCUT2D eigenvalue weighted by Crippen LogP contribution is -2.02. The third-order valence-corrected chi connectivity index (χ3v) is 1.80. The Morgan fingerprint density at radius 1 is 1.78 bits per heavy atom. The number of hydrogen-bond donors (Lipinski definition) is 0. The molecule has 0 aromatic heterocycles. The van der Waals surface area contributed by atoms with E-state index in [2.05, 4.69) is 30.7 Å². The molecule has 0 aliphatic heterocycles. The Balaban J connectivity index is 3.56. The topological polar surface area (TPSA) is 3.01 Å². The molecular weight excluding hydrogens is 130 g/mol. The number of hydrogen-bond acceptors (Lipinski definition) is 1. The molecule has 0 unspecified atom stereocenters. The van der Waals surface area contributed by atoms with Gasteiger partial charge >= 0.3 is 0 Å². The zero-order valence-corrected chi connectivity index (χ0v) is 7.16. The van der Waals surface area contributed by atoms with Crippen LogP contribution in [0.5, 0.6) is 0 Å². The molecule has 0 amide bonds. The second-order valence-corrected chi connectivity index (χ2v) is 3.14. The van der Waals surface area contributed by atoms with E-state index in [9.17, 15) is 0 Å². The Bertz CT molecular complexity index is 127.